The van der Waals surface area contributed by atoms with E-state index in [1.54, 1.807) is 17.0 Å². The van der Waals surface area contributed by atoms with Gasteiger partial charge < -0.3 is 9.15 Å². The summed E-state index contributed by atoms with van der Waals surface area (Å²) in [4.78, 5) is 29.0. The van der Waals surface area contributed by atoms with Gasteiger partial charge in [-0.25, -0.2) is 0 Å². The van der Waals surface area contributed by atoms with Crippen LogP contribution in [0.5, 0.6) is 5.75 Å². The standard InChI is InChI=1S/C27H22ClNO4/c1-4-32-20-10-8-19(9-11-20)29-24(17-6-5-7-18(28)14-17)23-25(30)21-12-15(2)16(3)13-22(21)33-26(23)27(29)31/h5-14,24H,4H2,1-3H3. The van der Waals surface area contributed by atoms with Crippen molar-refractivity contribution in [2.75, 3.05) is 11.5 Å². The van der Waals surface area contributed by atoms with Crippen LogP contribution in [0.1, 0.15) is 45.8 Å². The molecule has 4 aromatic rings. The van der Waals surface area contributed by atoms with Crippen molar-refractivity contribution in [1.29, 1.82) is 0 Å². The molecule has 0 radical (unpaired) electrons. The van der Waals surface area contributed by atoms with Crippen LogP contribution in [-0.2, 0) is 0 Å². The van der Waals surface area contributed by atoms with Crippen molar-refractivity contribution in [2.24, 2.45) is 0 Å². The van der Waals surface area contributed by atoms with Gasteiger partial charge in [-0.15, -0.1) is 0 Å². The van der Waals surface area contributed by atoms with Gasteiger partial charge in [-0.05, 0) is 86.0 Å². The molecule has 3 aromatic carbocycles. The third-order valence-corrected chi connectivity index (χ3v) is 6.31. The van der Waals surface area contributed by atoms with Gasteiger partial charge in [0.05, 0.1) is 23.6 Å². The molecule has 5 nitrogen and oxygen atoms in total. The van der Waals surface area contributed by atoms with Crippen LogP contribution in [0.15, 0.2) is 69.9 Å². The zero-order valence-corrected chi connectivity index (χ0v) is 19.3. The normalized spacial score (nSPS) is 15.2. The lowest BCUT2D eigenvalue weighted by Gasteiger charge is -2.25. The van der Waals surface area contributed by atoms with E-state index in [0.29, 0.717) is 39.6 Å². The molecule has 0 saturated carbocycles. The lowest BCUT2D eigenvalue weighted by molar-refractivity contribution is 0.0971. The van der Waals surface area contributed by atoms with Crippen molar-refractivity contribution in [3.8, 4) is 5.75 Å². The number of carbonyl (C=O) groups is 1. The number of nitrogens with zero attached hydrogens (tertiary/aromatic N) is 1. The van der Waals surface area contributed by atoms with E-state index in [4.69, 9.17) is 20.8 Å². The van der Waals surface area contributed by atoms with Crippen LogP contribution in [0, 0.1) is 13.8 Å². The highest BCUT2D eigenvalue weighted by atomic mass is 35.5. The summed E-state index contributed by atoms with van der Waals surface area (Å²) in [5.74, 6) is 0.404. The van der Waals surface area contributed by atoms with Gasteiger partial charge in [-0.3, -0.25) is 14.5 Å². The van der Waals surface area contributed by atoms with Crippen molar-refractivity contribution in [3.63, 3.8) is 0 Å². The van der Waals surface area contributed by atoms with Gasteiger partial charge in [-0.1, -0.05) is 23.7 Å². The Morgan fingerprint density at radius 2 is 1.73 bits per heavy atom. The number of hydrogen-bond acceptors (Lipinski definition) is 4. The Bertz CT molecular complexity index is 1460. The summed E-state index contributed by atoms with van der Waals surface area (Å²) in [5, 5.41) is 0.988. The molecule has 0 spiro atoms. The van der Waals surface area contributed by atoms with Gasteiger partial charge in [0.15, 0.2) is 5.43 Å². The number of carbonyl (C=O) groups excluding carboxylic acids is 1. The minimum Gasteiger partial charge on any atom is -0.494 e. The van der Waals surface area contributed by atoms with Crippen LogP contribution in [0.25, 0.3) is 11.0 Å². The Kier molecular flexibility index (Phi) is 5.22. The zero-order chi connectivity index (χ0) is 23.3. The Morgan fingerprint density at radius 3 is 2.42 bits per heavy atom. The zero-order valence-electron chi connectivity index (χ0n) is 18.5. The molecule has 1 aromatic heterocycles. The first-order chi connectivity index (χ1) is 15.9. The van der Waals surface area contributed by atoms with Gasteiger partial charge in [0.2, 0.25) is 5.76 Å². The third kappa shape index (κ3) is 3.49. The van der Waals surface area contributed by atoms with E-state index in [1.807, 2.05) is 69.3 Å². The second-order valence-corrected chi connectivity index (χ2v) is 8.60. The first-order valence-corrected chi connectivity index (χ1v) is 11.2. The van der Waals surface area contributed by atoms with E-state index < -0.39 is 6.04 Å². The van der Waals surface area contributed by atoms with E-state index in [9.17, 15) is 9.59 Å². The van der Waals surface area contributed by atoms with Crippen molar-refractivity contribution in [3.05, 3.63) is 104 Å². The fraction of sp³-hybridized carbons (Fsp3) is 0.185. The van der Waals surface area contributed by atoms with Crippen LogP contribution in [-0.4, -0.2) is 12.5 Å². The molecule has 5 rings (SSSR count). The second kappa shape index (κ2) is 8.09. The molecule has 0 fully saturated rings. The molecule has 1 unspecified atom stereocenters. The fourth-order valence-corrected chi connectivity index (χ4v) is 4.55. The Labute approximate surface area is 196 Å². The molecule has 6 heteroatoms. The van der Waals surface area contributed by atoms with E-state index >= 15 is 0 Å². The SMILES string of the molecule is CCOc1ccc(N2C(=O)c3oc4cc(C)c(C)cc4c(=O)c3C2c2cccc(Cl)c2)cc1. The van der Waals surface area contributed by atoms with Crippen LogP contribution < -0.4 is 15.1 Å². The maximum Gasteiger partial charge on any atom is 0.295 e. The minimum atomic E-state index is -0.661. The summed E-state index contributed by atoms with van der Waals surface area (Å²) >= 11 is 6.29. The summed E-state index contributed by atoms with van der Waals surface area (Å²) in [6.07, 6.45) is 0. The van der Waals surface area contributed by atoms with Gasteiger partial charge in [-0.2, -0.15) is 0 Å². The summed E-state index contributed by atoms with van der Waals surface area (Å²) in [6, 6.07) is 17.4. The Balaban J connectivity index is 1.77. The highest BCUT2D eigenvalue weighted by Gasteiger charge is 2.43. The molecule has 2 heterocycles. The molecular formula is C27H22ClNO4. The van der Waals surface area contributed by atoms with Crippen molar-refractivity contribution in [2.45, 2.75) is 26.8 Å². The molecule has 0 N–H and O–H groups in total. The van der Waals surface area contributed by atoms with Crippen molar-refractivity contribution >= 4 is 34.2 Å². The fourth-order valence-electron chi connectivity index (χ4n) is 4.36. The van der Waals surface area contributed by atoms with E-state index in [1.165, 1.54) is 0 Å². The number of amides is 1. The number of aryl methyl sites for hydroxylation is 2. The van der Waals surface area contributed by atoms with Gasteiger partial charge >= 0.3 is 0 Å². The molecule has 0 aliphatic carbocycles. The minimum absolute atomic E-state index is 0.0645. The topological polar surface area (TPSA) is 59.8 Å². The van der Waals surface area contributed by atoms with E-state index in [-0.39, 0.29) is 17.1 Å². The first kappa shape index (κ1) is 21.3. The highest BCUT2D eigenvalue weighted by molar-refractivity contribution is 6.30. The highest BCUT2D eigenvalue weighted by Crippen LogP contribution is 2.42. The number of anilines is 1. The molecule has 1 atom stereocenters. The van der Waals surface area contributed by atoms with E-state index in [2.05, 4.69) is 0 Å². The van der Waals surface area contributed by atoms with Crippen molar-refractivity contribution in [1.82, 2.24) is 0 Å². The molecular weight excluding hydrogens is 438 g/mol. The summed E-state index contributed by atoms with van der Waals surface area (Å²) in [7, 11) is 0. The largest absolute Gasteiger partial charge is 0.494 e. The smallest absolute Gasteiger partial charge is 0.295 e. The maximum absolute atomic E-state index is 13.7. The summed E-state index contributed by atoms with van der Waals surface area (Å²) in [5.41, 5.74) is 3.88. The lowest BCUT2D eigenvalue weighted by Crippen LogP contribution is -2.29. The quantitative estimate of drug-likeness (QED) is 0.364. The van der Waals surface area contributed by atoms with Crippen molar-refractivity contribution < 1.29 is 13.9 Å². The number of ether oxygens (including phenoxy) is 1. The number of rotatable bonds is 4. The molecule has 166 valence electrons. The molecule has 33 heavy (non-hydrogen) atoms. The van der Waals surface area contributed by atoms with Gasteiger partial charge in [0.25, 0.3) is 5.91 Å². The van der Waals surface area contributed by atoms with Crippen LogP contribution in [0.3, 0.4) is 0 Å². The molecule has 0 bridgehead atoms. The number of benzene rings is 3. The predicted octanol–water partition coefficient (Wildman–Crippen LogP) is 6.21. The molecule has 0 saturated heterocycles. The first-order valence-electron chi connectivity index (χ1n) is 10.8. The summed E-state index contributed by atoms with van der Waals surface area (Å²) < 4.78 is 11.6. The summed E-state index contributed by atoms with van der Waals surface area (Å²) in [6.45, 7) is 6.36. The number of halogens is 1. The lowest BCUT2D eigenvalue weighted by atomic mass is 9.97. The molecule has 1 aliphatic heterocycles. The number of fused-ring (bicyclic) bond motifs is 2. The average molecular weight is 460 g/mol. The van der Waals surface area contributed by atoms with Crippen LogP contribution in [0.4, 0.5) is 5.69 Å². The molecule has 1 amide bonds. The second-order valence-electron chi connectivity index (χ2n) is 8.17. The molecule has 1 aliphatic rings. The predicted molar refractivity (Wildman–Crippen MR) is 130 cm³/mol. The Morgan fingerprint density at radius 1 is 1.00 bits per heavy atom. The average Bonchev–Trinajstić information content (AvgIpc) is 3.09. The van der Waals surface area contributed by atoms with Crippen LogP contribution >= 0.6 is 11.6 Å². The van der Waals surface area contributed by atoms with Crippen LogP contribution in [0.2, 0.25) is 5.02 Å². The third-order valence-electron chi connectivity index (χ3n) is 6.08. The Hall–Kier alpha value is -3.57. The van der Waals surface area contributed by atoms with Gasteiger partial charge in [0.1, 0.15) is 11.3 Å². The number of hydrogen-bond donors (Lipinski definition) is 0. The van der Waals surface area contributed by atoms with Gasteiger partial charge in [0, 0.05) is 10.7 Å². The monoisotopic (exact) mass is 459 g/mol. The van der Waals surface area contributed by atoms with E-state index in [0.717, 1.165) is 16.7 Å². The maximum atomic E-state index is 13.7.